The molecule has 6 nitrogen and oxygen atoms in total. The van der Waals surface area contributed by atoms with E-state index in [0.717, 1.165) is 49.4 Å². The fourth-order valence-corrected chi connectivity index (χ4v) is 4.53. The Kier molecular flexibility index (Phi) is 4.72. The van der Waals surface area contributed by atoms with Gasteiger partial charge in [0.15, 0.2) is 6.29 Å². The van der Waals surface area contributed by atoms with Crippen molar-refractivity contribution >= 4 is 11.6 Å². The second-order valence-electron chi connectivity index (χ2n) is 8.06. The number of nitrogens with one attached hydrogen (secondary N) is 1. The van der Waals surface area contributed by atoms with Gasteiger partial charge in [0, 0.05) is 48.9 Å². The van der Waals surface area contributed by atoms with Gasteiger partial charge in [0.25, 0.3) is 5.91 Å². The average molecular weight is 390 g/mol. The SMILES string of the molecule is CC1CCN2C(=O)C=C(c3ccncc3)NC2N1CC1CCc2ccccc2O1. The maximum absolute atomic E-state index is 12.9. The van der Waals surface area contributed by atoms with Gasteiger partial charge in [-0.05, 0) is 49.9 Å². The van der Waals surface area contributed by atoms with Crippen molar-refractivity contribution in [3.63, 3.8) is 0 Å². The highest BCUT2D eigenvalue weighted by Gasteiger charge is 2.40. The lowest BCUT2D eigenvalue weighted by Crippen LogP contribution is -2.67. The minimum absolute atomic E-state index is 0.0624. The molecule has 5 rings (SSSR count). The minimum Gasteiger partial charge on any atom is -0.489 e. The summed E-state index contributed by atoms with van der Waals surface area (Å²) in [5.74, 6) is 1.06. The van der Waals surface area contributed by atoms with E-state index in [4.69, 9.17) is 4.74 Å². The smallest absolute Gasteiger partial charge is 0.251 e. The molecule has 2 aromatic rings. The number of fused-ring (bicyclic) bond motifs is 2. The highest BCUT2D eigenvalue weighted by molar-refractivity contribution is 5.96. The molecule has 3 atom stereocenters. The van der Waals surface area contributed by atoms with Crippen molar-refractivity contribution in [2.75, 3.05) is 13.1 Å². The molecule has 1 aromatic carbocycles. The number of aryl methyl sites for hydroxylation is 1. The molecule has 0 spiro atoms. The number of para-hydroxylation sites is 1. The standard InChI is InChI=1S/C23H26N4O2/c1-16-10-13-26-22(28)14-20(17-8-11-24-12-9-17)25-23(26)27(16)15-19-7-6-18-4-2-3-5-21(18)29-19/h2-5,8-9,11-12,14,16,19,23,25H,6-7,10,13,15H2,1H3. The molecule has 1 aromatic heterocycles. The fraction of sp³-hybridized carbons (Fsp3) is 0.391. The van der Waals surface area contributed by atoms with Gasteiger partial charge >= 0.3 is 0 Å². The van der Waals surface area contributed by atoms with Crippen LogP contribution >= 0.6 is 0 Å². The van der Waals surface area contributed by atoms with Gasteiger partial charge in [-0.3, -0.25) is 14.7 Å². The topological polar surface area (TPSA) is 57.7 Å². The number of ether oxygens (including phenoxy) is 1. The lowest BCUT2D eigenvalue weighted by atomic mass is 10.0. The molecule has 29 heavy (non-hydrogen) atoms. The van der Waals surface area contributed by atoms with Gasteiger partial charge in [-0.15, -0.1) is 0 Å². The second kappa shape index (κ2) is 7.52. The van der Waals surface area contributed by atoms with Gasteiger partial charge in [-0.25, -0.2) is 0 Å². The van der Waals surface area contributed by atoms with Gasteiger partial charge in [0.2, 0.25) is 0 Å². The largest absolute Gasteiger partial charge is 0.489 e. The third-order valence-corrected chi connectivity index (χ3v) is 6.21. The number of nitrogens with zero attached hydrogens (tertiary/aromatic N) is 3. The Labute approximate surface area is 171 Å². The first kappa shape index (κ1) is 18.2. The zero-order valence-electron chi connectivity index (χ0n) is 16.6. The summed E-state index contributed by atoms with van der Waals surface area (Å²) < 4.78 is 6.31. The fourth-order valence-electron chi connectivity index (χ4n) is 4.53. The number of rotatable bonds is 3. The molecule has 3 aliphatic heterocycles. The van der Waals surface area contributed by atoms with Crippen LogP contribution in [-0.2, 0) is 11.2 Å². The quantitative estimate of drug-likeness (QED) is 0.873. The van der Waals surface area contributed by atoms with Crippen molar-refractivity contribution in [3.8, 4) is 5.75 Å². The van der Waals surface area contributed by atoms with Crippen molar-refractivity contribution in [2.45, 2.75) is 44.6 Å². The van der Waals surface area contributed by atoms with Crippen molar-refractivity contribution in [2.24, 2.45) is 0 Å². The van der Waals surface area contributed by atoms with E-state index < -0.39 is 0 Å². The van der Waals surface area contributed by atoms with E-state index in [1.165, 1.54) is 5.56 Å². The summed E-state index contributed by atoms with van der Waals surface area (Å²) in [6, 6.07) is 12.5. The van der Waals surface area contributed by atoms with Gasteiger partial charge in [0.1, 0.15) is 11.9 Å². The summed E-state index contributed by atoms with van der Waals surface area (Å²) in [7, 11) is 0. The van der Waals surface area contributed by atoms with Crippen LogP contribution in [0.5, 0.6) is 5.75 Å². The zero-order valence-corrected chi connectivity index (χ0v) is 16.6. The van der Waals surface area contributed by atoms with Crippen molar-refractivity contribution in [1.29, 1.82) is 0 Å². The summed E-state index contributed by atoms with van der Waals surface area (Å²) in [5, 5.41) is 3.60. The normalized spacial score (nSPS) is 26.7. The number of hydrogen-bond acceptors (Lipinski definition) is 5. The third kappa shape index (κ3) is 3.49. The Morgan fingerprint density at radius 3 is 2.86 bits per heavy atom. The summed E-state index contributed by atoms with van der Waals surface area (Å²) in [6.45, 7) is 3.80. The van der Waals surface area contributed by atoms with E-state index >= 15 is 0 Å². The van der Waals surface area contributed by atoms with Crippen LogP contribution in [0.4, 0.5) is 0 Å². The van der Waals surface area contributed by atoms with Crippen LogP contribution in [0.25, 0.3) is 5.70 Å². The number of benzene rings is 1. The molecule has 1 fully saturated rings. The first-order valence-corrected chi connectivity index (χ1v) is 10.4. The monoisotopic (exact) mass is 390 g/mol. The Balaban J connectivity index is 1.37. The predicted molar refractivity (Wildman–Crippen MR) is 111 cm³/mol. The van der Waals surface area contributed by atoms with E-state index in [-0.39, 0.29) is 18.3 Å². The second-order valence-corrected chi connectivity index (χ2v) is 8.06. The molecule has 1 N–H and O–H groups in total. The van der Waals surface area contributed by atoms with Crippen molar-refractivity contribution in [3.05, 3.63) is 66.0 Å². The lowest BCUT2D eigenvalue weighted by Gasteiger charge is -2.50. The number of pyridine rings is 1. The first-order valence-electron chi connectivity index (χ1n) is 10.4. The molecule has 3 aliphatic rings. The highest BCUT2D eigenvalue weighted by Crippen LogP contribution is 2.30. The molecule has 0 bridgehead atoms. The summed E-state index contributed by atoms with van der Waals surface area (Å²) in [6.07, 6.45) is 8.17. The molecule has 1 saturated heterocycles. The number of hydrogen-bond donors (Lipinski definition) is 1. The Hall–Kier alpha value is -2.86. The van der Waals surface area contributed by atoms with E-state index in [1.54, 1.807) is 18.5 Å². The van der Waals surface area contributed by atoms with Gasteiger partial charge in [0.05, 0.1) is 0 Å². The van der Waals surface area contributed by atoms with Crippen LogP contribution < -0.4 is 10.1 Å². The molecule has 150 valence electrons. The van der Waals surface area contributed by atoms with Gasteiger partial charge in [-0.2, -0.15) is 0 Å². The lowest BCUT2D eigenvalue weighted by molar-refractivity contribution is -0.142. The Morgan fingerprint density at radius 2 is 2.00 bits per heavy atom. The molecule has 0 aliphatic carbocycles. The van der Waals surface area contributed by atoms with Crippen LogP contribution in [0.3, 0.4) is 0 Å². The molecule has 1 amide bonds. The number of carbonyl (C=O) groups excluding carboxylic acids is 1. The number of carbonyl (C=O) groups is 1. The van der Waals surface area contributed by atoms with E-state index in [2.05, 4.69) is 40.3 Å². The number of amides is 1. The Bertz CT molecular complexity index is 929. The molecule has 6 heteroatoms. The van der Waals surface area contributed by atoms with Crippen LogP contribution in [0, 0.1) is 0 Å². The molecule has 0 radical (unpaired) electrons. The predicted octanol–water partition coefficient (Wildman–Crippen LogP) is 2.63. The van der Waals surface area contributed by atoms with Gasteiger partial charge < -0.3 is 15.0 Å². The number of aromatic nitrogens is 1. The summed E-state index contributed by atoms with van der Waals surface area (Å²) in [5.41, 5.74) is 3.12. The summed E-state index contributed by atoms with van der Waals surface area (Å²) >= 11 is 0. The van der Waals surface area contributed by atoms with Gasteiger partial charge in [-0.1, -0.05) is 18.2 Å². The van der Waals surface area contributed by atoms with Crippen LogP contribution in [0.1, 0.15) is 30.9 Å². The zero-order chi connectivity index (χ0) is 19.8. The van der Waals surface area contributed by atoms with Crippen molar-refractivity contribution in [1.82, 2.24) is 20.1 Å². The van der Waals surface area contributed by atoms with Crippen LogP contribution in [0.15, 0.2) is 54.9 Å². The molecule has 0 saturated carbocycles. The average Bonchev–Trinajstić information content (AvgIpc) is 2.76. The van der Waals surface area contributed by atoms with E-state index in [0.29, 0.717) is 6.04 Å². The Morgan fingerprint density at radius 1 is 1.17 bits per heavy atom. The van der Waals surface area contributed by atoms with Crippen molar-refractivity contribution < 1.29 is 9.53 Å². The first-order chi connectivity index (χ1) is 14.2. The van der Waals surface area contributed by atoms with Crippen LogP contribution in [-0.4, -0.2) is 52.2 Å². The molecule has 3 unspecified atom stereocenters. The third-order valence-electron chi connectivity index (χ3n) is 6.21. The summed E-state index contributed by atoms with van der Waals surface area (Å²) in [4.78, 5) is 21.3. The molecular weight excluding hydrogens is 364 g/mol. The maximum Gasteiger partial charge on any atom is 0.251 e. The molecule has 4 heterocycles. The van der Waals surface area contributed by atoms with E-state index in [1.807, 2.05) is 23.1 Å². The highest BCUT2D eigenvalue weighted by atomic mass is 16.5. The minimum atomic E-state index is -0.153. The molecular formula is C23H26N4O2. The maximum atomic E-state index is 12.9. The van der Waals surface area contributed by atoms with Crippen LogP contribution in [0.2, 0.25) is 0 Å². The van der Waals surface area contributed by atoms with E-state index in [9.17, 15) is 4.79 Å².